The Morgan fingerprint density at radius 2 is 2.04 bits per heavy atom. The van der Waals surface area contributed by atoms with E-state index in [0.717, 1.165) is 43.9 Å². The van der Waals surface area contributed by atoms with Crippen molar-refractivity contribution in [3.8, 4) is 0 Å². The highest BCUT2D eigenvalue weighted by atomic mass is 16.2. The summed E-state index contributed by atoms with van der Waals surface area (Å²) in [5.41, 5.74) is 1.28. The zero-order chi connectivity index (χ0) is 19.3. The highest BCUT2D eigenvalue weighted by molar-refractivity contribution is 5.83. The average Bonchev–Trinajstić information content (AvgIpc) is 3.33. The molecule has 148 valence electrons. The zero-order valence-corrected chi connectivity index (χ0v) is 16.1. The van der Waals surface area contributed by atoms with Gasteiger partial charge in [-0.1, -0.05) is 30.3 Å². The van der Waals surface area contributed by atoms with Crippen LogP contribution in [-0.4, -0.2) is 44.6 Å². The van der Waals surface area contributed by atoms with E-state index in [-0.39, 0.29) is 17.7 Å². The fraction of sp³-hybridized carbons (Fsp3) is 0.524. The summed E-state index contributed by atoms with van der Waals surface area (Å²) < 4.78 is 2.10. The van der Waals surface area contributed by atoms with Crippen LogP contribution in [0.1, 0.15) is 42.9 Å². The highest BCUT2D eigenvalue weighted by Gasteiger charge is 2.30. The maximum absolute atomic E-state index is 12.6. The number of fused-ring (bicyclic) bond motifs is 1. The van der Waals surface area contributed by atoms with Crippen molar-refractivity contribution in [2.75, 3.05) is 13.1 Å². The Balaban J connectivity index is 1.26. The number of carbonyl (C=O) groups is 2. The van der Waals surface area contributed by atoms with Gasteiger partial charge in [-0.05, 0) is 31.2 Å². The number of amides is 2. The first-order valence-electron chi connectivity index (χ1n) is 10.2. The molecule has 0 bridgehead atoms. The molecule has 1 saturated heterocycles. The minimum atomic E-state index is -0.143. The molecule has 3 heterocycles. The van der Waals surface area contributed by atoms with Gasteiger partial charge in [0.2, 0.25) is 11.8 Å². The van der Waals surface area contributed by atoms with Gasteiger partial charge in [0.05, 0.1) is 12.5 Å². The smallest absolute Gasteiger partial charge is 0.225 e. The lowest BCUT2D eigenvalue weighted by Crippen LogP contribution is -2.46. The molecule has 1 aromatic carbocycles. The van der Waals surface area contributed by atoms with E-state index in [0.29, 0.717) is 32.5 Å². The number of benzene rings is 1. The second kappa shape index (κ2) is 8.54. The molecule has 0 spiro atoms. The van der Waals surface area contributed by atoms with Gasteiger partial charge >= 0.3 is 0 Å². The molecule has 0 saturated carbocycles. The van der Waals surface area contributed by atoms with Crippen molar-refractivity contribution < 1.29 is 9.59 Å². The molecule has 2 aliphatic rings. The Morgan fingerprint density at radius 1 is 1.18 bits per heavy atom. The average molecular weight is 381 g/mol. The Bertz CT molecular complexity index is 833. The third kappa shape index (κ3) is 4.24. The number of likely N-dealkylation sites (tertiary alicyclic amines) is 1. The van der Waals surface area contributed by atoms with Crippen LogP contribution >= 0.6 is 0 Å². The lowest BCUT2D eigenvalue weighted by atomic mass is 9.96. The van der Waals surface area contributed by atoms with Gasteiger partial charge in [-0.2, -0.15) is 0 Å². The van der Waals surface area contributed by atoms with Crippen molar-refractivity contribution in [1.82, 2.24) is 25.0 Å². The highest BCUT2D eigenvalue weighted by Crippen LogP contribution is 2.19. The lowest BCUT2D eigenvalue weighted by molar-refractivity contribution is -0.138. The summed E-state index contributed by atoms with van der Waals surface area (Å²) in [6.07, 6.45) is 4.98. The van der Waals surface area contributed by atoms with Crippen LogP contribution in [0.3, 0.4) is 0 Å². The number of carbonyl (C=O) groups excluding carboxylic acids is 2. The van der Waals surface area contributed by atoms with Crippen LogP contribution in [0.2, 0.25) is 0 Å². The van der Waals surface area contributed by atoms with Gasteiger partial charge in [-0.15, -0.1) is 10.2 Å². The molecule has 28 heavy (non-hydrogen) atoms. The third-order valence-electron chi connectivity index (χ3n) is 5.71. The van der Waals surface area contributed by atoms with Gasteiger partial charge in [-0.25, -0.2) is 0 Å². The number of hydrogen-bond donors (Lipinski definition) is 1. The van der Waals surface area contributed by atoms with E-state index in [1.165, 1.54) is 5.56 Å². The molecule has 0 unspecified atom stereocenters. The van der Waals surface area contributed by atoms with E-state index in [9.17, 15) is 9.59 Å². The van der Waals surface area contributed by atoms with Crippen LogP contribution in [0, 0.1) is 5.92 Å². The van der Waals surface area contributed by atoms with Crippen molar-refractivity contribution in [2.45, 2.75) is 51.6 Å². The summed E-state index contributed by atoms with van der Waals surface area (Å²) in [5, 5.41) is 11.4. The van der Waals surface area contributed by atoms with Gasteiger partial charge in [-0.3, -0.25) is 9.59 Å². The van der Waals surface area contributed by atoms with E-state index < -0.39 is 0 Å². The molecule has 7 heteroatoms. The summed E-state index contributed by atoms with van der Waals surface area (Å²) in [6.45, 7) is 2.55. The van der Waals surface area contributed by atoms with E-state index in [1.807, 2.05) is 23.1 Å². The largest absolute Gasteiger partial charge is 0.348 e. The summed E-state index contributed by atoms with van der Waals surface area (Å²) in [5.74, 6) is 1.86. The first-order valence-corrected chi connectivity index (χ1v) is 10.2. The van der Waals surface area contributed by atoms with Gasteiger partial charge < -0.3 is 14.8 Å². The SMILES string of the molecule is O=C(NCc1nnc2n1CCC2)[C@H]1CCC(=O)N(CCCc2ccccc2)C1. The predicted octanol–water partition coefficient (Wildman–Crippen LogP) is 1.71. The van der Waals surface area contributed by atoms with Crippen molar-refractivity contribution >= 4 is 11.8 Å². The summed E-state index contributed by atoms with van der Waals surface area (Å²) >= 11 is 0. The number of hydrogen-bond acceptors (Lipinski definition) is 4. The quantitative estimate of drug-likeness (QED) is 0.792. The van der Waals surface area contributed by atoms with E-state index in [4.69, 9.17) is 0 Å². The fourth-order valence-corrected chi connectivity index (χ4v) is 4.12. The number of rotatable bonds is 7. The Labute approximate surface area is 165 Å². The first kappa shape index (κ1) is 18.7. The van der Waals surface area contributed by atoms with Crippen molar-refractivity contribution in [3.05, 3.63) is 47.5 Å². The molecular formula is C21H27N5O2. The van der Waals surface area contributed by atoms with Crippen LogP contribution in [0.15, 0.2) is 30.3 Å². The number of aryl methyl sites for hydroxylation is 2. The van der Waals surface area contributed by atoms with Gasteiger partial charge in [0.1, 0.15) is 5.82 Å². The normalized spacial score (nSPS) is 18.9. The van der Waals surface area contributed by atoms with Crippen LogP contribution < -0.4 is 5.32 Å². The first-order chi connectivity index (χ1) is 13.7. The number of nitrogens with zero attached hydrogens (tertiary/aromatic N) is 4. The van der Waals surface area contributed by atoms with Gasteiger partial charge in [0, 0.05) is 32.5 Å². The third-order valence-corrected chi connectivity index (χ3v) is 5.71. The molecule has 1 aromatic heterocycles. The lowest BCUT2D eigenvalue weighted by Gasteiger charge is -2.32. The molecular weight excluding hydrogens is 354 g/mol. The number of piperidine rings is 1. The second-order valence-electron chi connectivity index (χ2n) is 7.67. The summed E-state index contributed by atoms with van der Waals surface area (Å²) in [7, 11) is 0. The van der Waals surface area contributed by atoms with E-state index in [2.05, 4.69) is 32.2 Å². The Hall–Kier alpha value is -2.70. The Kier molecular flexibility index (Phi) is 5.69. The maximum atomic E-state index is 12.6. The number of aromatic nitrogens is 3. The monoisotopic (exact) mass is 381 g/mol. The molecule has 2 aromatic rings. The molecule has 1 N–H and O–H groups in total. The molecule has 0 aliphatic carbocycles. The maximum Gasteiger partial charge on any atom is 0.225 e. The van der Waals surface area contributed by atoms with Crippen LogP contribution in [0.4, 0.5) is 0 Å². The number of nitrogens with one attached hydrogen (secondary N) is 1. The topological polar surface area (TPSA) is 80.1 Å². The van der Waals surface area contributed by atoms with Crippen LogP contribution in [0.25, 0.3) is 0 Å². The standard InChI is InChI=1S/C21H27N5O2/c27-20-11-10-17(15-25(20)12-4-8-16-6-2-1-3-7-16)21(28)22-14-19-24-23-18-9-5-13-26(18)19/h1-3,6-7,17H,4-5,8-15H2,(H,22,28)/t17-/m0/s1. The Morgan fingerprint density at radius 3 is 2.89 bits per heavy atom. The molecule has 1 fully saturated rings. The van der Waals surface area contributed by atoms with E-state index >= 15 is 0 Å². The van der Waals surface area contributed by atoms with Crippen molar-refractivity contribution in [1.29, 1.82) is 0 Å². The van der Waals surface area contributed by atoms with Crippen LogP contribution in [-0.2, 0) is 35.5 Å². The molecule has 7 nitrogen and oxygen atoms in total. The molecule has 0 radical (unpaired) electrons. The van der Waals surface area contributed by atoms with Gasteiger partial charge in [0.25, 0.3) is 0 Å². The second-order valence-corrected chi connectivity index (χ2v) is 7.67. The molecule has 4 rings (SSSR count). The minimum absolute atomic E-state index is 0.0101. The zero-order valence-electron chi connectivity index (χ0n) is 16.1. The molecule has 2 amide bonds. The summed E-state index contributed by atoms with van der Waals surface area (Å²) in [6, 6.07) is 10.3. The molecule has 2 aliphatic heterocycles. The molecule has 1 atom stereocenters. The van der Waals surface area contributed by atoms with Crippen molar-refractivity contribution in [3.63, 3.8) is 0 Å². The minimum Gasteiger partial charge on any atom is -0.348 e. The van der Waals surface area contributed by atoms with E-state index in [1.54, 1.807) is 0 Å². The predicted molar refractivity (Wildman–Crippen MR) is 104 cm³/mol. The van der Waals surface area contributed by atoms with Crippen LogP contribution in [0.5, 0.6) is 0 Å². The summed E-state index contributed by atoms with van der Waals surface area (Å²) in [4.78, 5) is 26.7. The fourth-order valence-electron chi connectivity index (χ4n) is 4.12. The van der Waals surface area contributed by atoms with Crippen molar-refractivity contribution in [2.24, 2.45) is 5.92 Å². The van der Waals surface area contributed by atoms with Gasteiger partial charge in [0.15, 0.2) is 5.82 Å².